The second-order valence-corrected chi connectivity index (χ2v) is 6.15. The summed E-state index contributed by atoms with van der Waals surface area (Å²) in [7, 11) is 0. The van der Waals surface area contributed by atoms with E-state index in [9.17, 15) is 8.78 Å². The smallest absolute Gasteiger partial charge is 0.309 e. The SMILES string of the molecule is CC(C)n1nc2c(c1C(F)(F)OCc1ccccn1)CCCC2. The highest BCUT2D eigenvalue weighted by Gasteiger charge is 2.42. The maximum atomic E-state index is 14.8. The van der Waals surface area contributed by atoms with Gasteiger partial charge in [0.05, 0.1) is 18.0 Å². The fourth-order valence-corrected chi connectivity index (χ4v) is 2.97. The first-order valence-electron chi connectivity index (χ1n) is 8.01. The van der Waals surface area contributed by atoms with Gasteiger partial charge in [-0.2, -0.15) is 13.9 Å². The Morgan fingerprint density at radius 3 is 2.74 bits per heavy atom. The number of pyridine rings is 1. The van der Waals surface area contributed by atoms with Crippen molar-refractivity contribution in [3.63, 3.8) is 0 Å². The molecule has 1 aliphatic rings. The van der Waals surface area contributed by atoms with Gasteiger partial charge in [0.1, 0.15) is 5.69 Å². The lowest BCUT2D eigenvalue weighted by Gasteiger charge is -2.22. The van der Waals surface area contributed by atoms with E-state index in [1.165, 1.54) is 4.68 Å². The van der Waals surface area contributed by atoms with E-state index in [-0.39, 0.29) is 18.3 Å². The van der Waals surface area contributed by atoms with Crippen molar-refractivity contribution < 1.29 is 13.5 Å². The molecule has 0 saturated heterocycles. The van der Waals surface area contributed by atoms with Crippen molar-refractivity contribution in [2.75, 3.05) is 0 Å². The molecular formula is C17H21F2N3O. The van der Waals surface area contributed by atoms with Crippen LogP contribution in [0.5, 0.6) is 0 Å². The number of fused-ring (bicyclic) bond motifs is 1. The van der Waals surface area contributed by atoms with Crippen LogP contribution in [0.1, 0.15) is 55.4 Å². The van der Waals surface area contributed by atoms with Gasteiger partial charge in [-0.05, 0) is 51.7 Å². The summed E-state index contributed by atoms with van der Waals surface area (Å²) in [5, 5.41) is 4.41. The monoisotopic (exact) mass is 321 g/mol. The predicted molar refractivity (Wildman–Crippen MR) is 82.2 cm³/mol. The van der Waals surface area contributed by atoms with Gasteiger partial charge < -0.3 is 4.74 Å². The van der Waals surface area contributed by atoms with Crippen LogP contribution in [0, 0.1) is 0 Å². The molecule has 1 aliphatic carbocycles. The maximum Gasteiger partial charge on any atom is 0.400 e. The van der Waals surface area contributed by atoms with Crippen molar-refractivity contribution in [2.24, 2.45) is 0 Å². The largest absolute Gasteiger partial charge is 0.400 e. The van der Waals surface area contributed by atoms with E-state index in [0.717, 1.165) is 25.0 Å². The molecule has 0 bridgehead atoms. The van der Waals surface area contributed by atoms with Crippen LogP contribution in [0.3, 0.4) is 0 Å². The highest BCUT2D eigenvalue weighted by Crippen LogP contribution is 2.38. The van der Waals surface area contributed by atoms with Crippen LogP contribution in [-0.2, 0) is 30.3 Å². The average Bonchev–Trinajstić information content (AvgIpc) is 2.95. The third kappa shape index (κ3) is 3.27. The number of aryl methyl sites for hydroxylation is 1. The fourth-order valence-electron chi connectivity index (χ4n) is 2.97. The summed E-state index contributed by atoms with van der Waals surface area (Å²) in [6.07, 6.45) is 1.51. The topological polar surface area (TPSA) is 39.9 Å². The number of hydrogen-bond donors (Lipinski definition) is 0. The Labute approximate surface area is 134 Å². The molecule has 6 heteroatoms. The summed E-state index contributed by atoms with van der Waals surface area (Å²) in [6.45, 7) is 3.49. The number of halogens is 2. The lowest BCUT2D eigenvalue weighted by Crippen LogP contribution is -2.25. The Kier molecular flexibility index (Phi) is 4.43. The van der Waals surface area contributed by atoms with Crippen LogP contribution >= 0.6 is 0 Å². The molecule has 0 atom stereocenters. The first-order valence-corrected chi connectivity index (χ1v) is 8.01. The van der Waals surface area contributed by atoms with Gasteiger partial charge in [-0.1, -0.05) is 6.07 Å². The minimum atomic E-state index is -3.38. The molecule has 2 aromatic heterocycles. The van der Waals surface area contributed by atoms with Gasteiger partial charge in [0.15, 0.2) is 0 Å². The zero-order valence-corrected chi connectivity index (χ0v) is 13.4. The molecular weight excluding hydrogens is 300 g/mol. The minimum Gasteiger partial charge on any atom is -0.309 e. The van der Waals surface area contributed by atoms with E-state index in [2.05, 4.69) is 10.1 Å². The molecule has 23 heavy (non-hydrogen) atoms. The highest BCUT2D eigenvalue weighted by molar-refractivity contribution is 5.31. The molecule has 0 amide bonds. The second kappa shape index (κ2) is 6.35. The number of hydrogen-bond acceptors (Lipinski definition) is 3. The first-order chi connectivity index (χ1) is 11.0. The molecule has 0 N–H and O–H groups in total. The molecule has 0 fully saturated rings. The number of alkyl halides is 2. The van der Waals surface area contributed by atoms with Crippen molar-refractivity contribution in [3.8, 4) is 0 Å². The third-order valence-corrected chi connectivity index (χ3v) is 4.07. The lowest BCUT2D eigenvalue weighted by molar-refractivity contribution is -0.261. The molecule has 2 heterocycles. The van der Waals surface area contributed by atoms with E-state index in [1.54, 1.807) is 24.4 Å². The van der Waals surface area contributed by atoms with Gasteiger partial charge in [0, 0.05) is 17.8 Å². The first kappa shape index (κ1) is 16.1. The molecule has 124 valence electrons. The van der Waals surface area contributed by atoms with Gasteiger partial charge in [0.2, 0.25) is 0 Å². The van der Waals surface area contributed by atoms with Crippen molar-refractivity contribution in [2.45, 2.75) is 58.3 Å². The molecule has 0 unspecified atom stereocenters. The standard InChI is InChI=1S/C17H21F2N3O/c1-12(2)22-16(14-8-3-4-9-15(14)21-22)17(18,19)23-11-13-7-5-6-10-20-13/h5-7,10,12H,3-4,8-9,11H2,1-2H3. The maximum absolute atomic E-state index is 14.8. The van der Waals surface area contributed by atoms with Gasteiger partial charge in [-0.3, -0.25) is 9.67 Å². The average molecular weight is 321 g/mol. The van der Waals surface area contributed by atoms with Crippen molar-refractivity contribution >= 4 is 0 Å². The molecule has 0 aliphatic heterocycles. The van der Waals surface area contributed by atoms with Crippen LogP contribution in [-0.4, -0.2) is 14.8 Å². The second-order valence-electron chi connectivity index (χ2n) is 6.15. The summed E-state index contributed by atoms with van der Waals surface area (Å²) in [6, 6.07) is 5.03. The van der Waals surface area contributed by atoms with Crippen molar-refractivity contribution in [1.29, 1.82) is 0 Å². The Bertz CT molecular complexity index is 668. The van der Waals surface area contributed by atoms with E-state index >= 15 is 0 Å². The molecule has 4 nitrogen and oxygen atoms in total. The highest BCUT2D eigenvalue weighted by atomic mass is 19.3. The molecule has 2 aromatic rings. The van der Waals surface area contributed by atoms with Gasteiger partial charge in [-0.25, -0.2) is 0 Å². The predicted octanol–water partition coefficient (Wildman–Crippen LogP) is 4.00. The Balaban J connectivity index is 1.90. The van der Waals surface area contributed by atoms with E-state index in [1.807, 2.05) is 13.8 Å². The third-order valence-electron chi connectivity index (χ3n) is 4.07. The summed E-state index contributed by atoms with van der Waals surface area (Å²) < 4.78 is 35.9. The van der Waals surface area contributed by atoms with Gasteiger partial charge in [-0.15, -0.1) is 0 Å². The molecule has 0 aromatic carbocycles. The van der Waals surface area contributed by atoms with Crippen LogP contribution in [0.2, 0.25) is 0 Å². The quantitative estimate of drug-likeness (QED) is 0.835. The lowest BCUT2D eigenvalue weighted by atomic mass is 9.95. The zero-order valence-electron chi connectivity index (χ0n) is 13.4. The summed E-state index contributed by atoms with van der Waals surface area (Å²) in [4.78, 5) is 4.03. The van der Waals surface area contributed by atoms with Crippen LogP contribution < -0.4 is 0 Å². The number of nitrogens with zero attached hydrogens (tertiary/aromatic N) is 3. The molecule has 0 radical (unpaired) electrons. The van der Waals surface area contributed by atoms with Crippen molar-refractivity contribution in [1.82, 2.24) is 14.8 Å². The van der Waals surface area contributed by atoms with Crippen LogP contribution in [0.15, 0.2) is 24.4 Å². The Hall–Kier alpha value is -1.82. The summed E-state index contributed by atoms with van der Waals surface area (Å²) in [5.74, 6) is 0. The minimum absolute atomic E-state index is 0.0851. The molecule has 0 saturated carbocycles. The van der Waals surface area contributed by atoms with Crippen LogP contribution in [0.4, 0.5) is 8.78 Å². The Morgan fingerprint density at radius 1 is 1.26 bits per heavy atom. The summed E-state index contributed by atoms with van der Waals surface area (Å²) in [5.41, 5.74) is 1.85. The number of aromatic nitrogens is 3. The van der Waals surface area contributed by atoms with E-state index < -0.39 is 6.11 Å². The molecule has 3 rings (SSSR count). The number of ether oxygens (including phenoxy) is 1. The number of rotatable bonds is 5. The van der Waals surface area contributed by atoms with Gasteiger partial charge >= 0.3 is 6.11 Å². The van der Waals surface area contributed by atoms with Crippen molar-refractivity contribution in [3.05, 3.63) is 47.0 Å². The summed E-state index contributed by atoms with van der Waals surface area (Å²) >= 11 is 0. The Morgan fingerprint density at radius 2 is 2.04 bits per heavy atom. The normalized spacial score (nSPS) is 15.0. The molecule has 0 spiro atoms. The van der Waals surface area contributed by atoms with Crippen LogP contribution in [0.25, 0.3) is 0 Å². The fraction of sp³-hybridized carbons (Fsp3) is 0.529. The zero-order chi connectivity index (χ0) is 16.4. The van der Waals surface area contributed by atoms with E-state index in [0.29, 0.717) is 17.7 Å². The van der Waals surface area contributed by atoms with Gasteiger partial charge in [0.25, 0.3) is 0 Å². The van der Waals surface area contributed by atoms with E-state index in [4.69, 9.17) is 4.74 Å².